The summed E-state index contributed by atoms with van der Waals surface area (Å²) in [5.41, 5.74) is 0. The summed E-state index contributed by atoms with van der Waals surface area (Å²) in [5, 5.41) is 0. The molecule has 0 rings (SSSR count). The number of hydrogen-bond donors (Lipinski definition) is 0. The monoisotopic (exact) mass is 144 g/mol. The second-order valence-electron chi connectivity index (χ2n) is 2.68. The molecule has 0 spiro atoms. The van der Waals surface area contributed by atoms with E-state index in [1.807, 2.05) is 13.8 Å². The molecule has 0 fully saturated rings. The Morgan fingerprint density at radius 3 is 1.40 bits per heavy atom. The SMILES string of the molecule is CC.CCCC(C)CCC. The third-order valence-electron chi connectivity index (χ3n) is 1.56. The molecule has 0 aliphatic heterocycles. The third-order valence-corrected chi connectivity index (χ3v) is 1.56. The van der Waals surface area contributed by atoms with E-state index in [0.29, 0.717) is 0 Å². The highest BCUT2D eigenvalue weighted by molar-refractivity contribution is 4.48. The fourth-order valence-corrected chi connectivity index (χ4v) is 1.13. The van der Waals surface area contributed by atoms with Crippen LogP contribution in [0.3, 0.4) is 0 Å². The lowest BCUT2D eigenvalue weighted by molar-refractivity contribution is 0.480. The zero-order valence-corrected chi connectivity index (χ0v) is 8.41. The van der Waals surface area contributed by atoms with Crippen LogP contribution in [0.2, 0.25) is 0 Å². The normalized spacial score (nSPS) is 9.00. The van der Waals surface area contributed by atoms with Gasteiger partial charge in [0.15, 0.2) is 0 Å². The average Bonchev–Trinajstić information content (AvgIpc) is 1.93. The van der Waals surface area contributed by atoms with Gasteiger partial charge in [-0.05, 0) is 5.92 Å². The van der Waals surface area contributed by atoms with Crippen LogP contribution in [0, 0.1) is 5.92 Å². The first-order chi connectivity index (χ1) is 4.81. The maximum Gasteiger partial charge on any atom is -0.0443 e. The van der Waals surface area contributed by atoms with Gasteiger partial charge in [0.1, 0.15) is 0 Å². The first-order valence-corrected chi connectivity index (χ1v) is 4.81. The van der Waals surface area contributed by atoms with Crippen molar-refractivity contribution >= 4 is 0 Å². The molecule has 0 amide bonds. The molecule has 0 bridgehead atoms. The van der Waals surface area contributed by atoms with Crippen LogP contribution in [0.1, 0.15) is 60.3 Å². The van der Waals surface area contributed by atoms with Crippen LogP contribution in [0.4, 0.5) is 0 Å². The van der Waals surface area contributed by atoms with Gasteiger partial charge in [-0.25, -0.2) is 0 Å². The van der Waals surface area contributed by atoms with E-state index >= 15 is 0 Å². The Bertz CT molecular complexity index is 33.3. The Labute approximate surface area is 67.0 Å². The van der Waals surface area contributed by atoms with Crippen molar-refractivity contribution in [3.63, 3.8) is 0 Å². The summed E-state index contributed by atoms with van der Waals surface area (Å²) in [4.78, 5) is 0. The average molecular weight is 144 g/mol. The maximum absolute atomic E-state index is 2.34. The summed E-state index contributed by atoms with van der Waals surface area (Å²) in [5.74, 6) is 0.963. The summed E-state index contributed by atoms with van der Waals surface area (Å²) in [6, 6.07) is 0. The van der Waals surface area contributed by atoms with Crippen molar-refractivity contribution in [1.82, 2.24) is 0 Å². The summed E-state index contributed by atoms with van der Waals surface area (Å²) in [6.07, 6.45) is 5.52. The summed E-state index contributed by atoms with van der Waals surface area (Å²) >= 11 is 0. The molecule has 0 aromatic rings. The summed E-state index contributed by atoms with van der Waals surface area (Å²) < 4.78 is 0. The van der Waals surface area contributed by atoms with Gasteiger partial charge >= 0.3 is 0 Å². The molecule has 0 heterocycles. The second kappa shape index (κ2) is 11.8. The van der Waals surface area contributed by atoms with Crippen LogP contribution in [0.25, 0.3) is 0 Å². The van der Waals surface area contributed by atoms with Crippen molar-refractivity contribution in [2.45, 2.75) is 60.3 Å². The first-order valence-electron chi connectivity index (χ1n) is 4.81. The smallest absolute Gasteiger partial charge is 0.0443 e. The molecule has 0 radical (unpaired) electrons. The van der Waals surface area contributed by atoms with Gasteiger partial charge in [-0.15, -0.1) is 0 Å². The van der Waals surface area contributed by atoms with Crippen molar-refractivity contribution in [1.29, 1.82) is 0 Å². The van der Waals surface area contributed by atoms with Crippen LogP contribution in [-0.4, -0.2) is 0 Å². The Morgan fingerprint density at radius 1 is 0.900 bits per heavy atom. The lowest BCUT2D eigenvalue weighted by atomic mass is 10.0. The molecule has 64 valence electrons. The minimum atomic E-state index is 0.963. The number of rotatable bonds is 4. The van der Waals surface area contributed by atoms with Gasteiger partial charge in [-0.1, -0.05) is 60.3 Å². The lowest BCUT2D eigenvalue weighted by Crippen LogP contribution is -1.91. The van der Waals surface area contributed by atoms with Gasteiger partial charge in [0.05, 0.1) is 0 Å². The molecule has 0 N–H and O–H groups in total. The third kappa shape index (κ3) is 10.9. The molecular weight excluding hydrogens is 120 g/mol. The summed E-state index contributed by atoms with van der Waals surface area (Å²) in [6.45, 7) is 10.9. The molecule has 0 saturated carbocycles. The molecule has 0 aromatic heterocycles. The van der Waals surface area contributed by atoms with Crippen molar-refractivity contribution in [2.75, 3.05) is 0 Å². The number of hydrogen-bond acceptors (Lipinski definition) is 0. The lowest BCUT2D eigenvalue weighted by Gasteiger charge is -2.05. The van der Waals surface area contributed by atoms with Crippen LogP contribution >= 0.6 is 0 Å². The Hall–Kier alpha value is 0. The highest BCUT2D eigenvalue weighted by Gasteiger charge is 1.95. The topological polar surface area (TPSA) is 0 Å². The zero-order valence-electron chi connectivity index (χ0n) is 8.41. The van der Waals surface area contributed by atoms with E-state index in [1.54, 1.807) is 0 Å². The second-order valence-corrected chi connectivity index (χ2v) is 2.68. The van der Waals surface area contributed by atoms with Gasteiger partial charge in [-0.2, -0.15) is 0 Å². The van der Waals surface area contributed by atoms with Gasteiger partial charge in [0.25, 0.3) is 0 Å². The van der Waals surface area contributed by atoms with Crippen molar-refractivity contribution in [3.8, 4) is 0 Å². The van der Waals surface area contributed by atoms with Gasteiger partial charge in [0, 0.05) is 0 Å². The molecule has 0 aliphatic carbocycles. The van der Waals surface area contributed by atoms with Crippen molar-refractivity contribution < 1.29 is 0 Å². The molecule has 10 heavy (non-hydrogen) atoms. The largest absolute Gasteiger partial charge is 0.0683 e. The molecule has 0 aliphatic rings. The minimum absolute atomic E-state index is 0.963. The van der Waals surface area contributed by atoms with Crippen molar-refractivity contribution in [2.24, 2.45) is 5.92 Å². The van der Waals surface area contributed by atoms with E-state index in [4.69, 9.17) is 0 Å². The Kier molecular flexibility index (Phi) is 14.9. The van der Waals surface area contributed by atoms with E-state index in [0.717, 1.165) is 5.92 Å². The maximum atomic E-state index is 2.34. The highest BCUT2D eigenvalue weighted by Crippen LogP contribution is 2.10. The standard InChI is InChI=1S/C8H18.C2H6/c1-4-6-8(3)7-5-2;1-2/h8H,4-7H2,1-3H3;1-2H3. The van der Waals surface area contributed by atoms with Crippen LogP contribution in [0.5, 0.6) is 0 Å². The minimum Gasteiger partial charge on any atom is -0.0683 e. The van der Waals surface area contributed by atoms with Gasteiger partial charge in [0.2, 0.25) is 0 Å². The highest BCUT2D eigenvalue weighted by atomic mass is 14.0. The van der Waals surface area contributed by atoms with Gasteiger partial charge < -0.3 is 0 Å². The van der Waals surface area contributed by atoms with E-state index in [9.17, 15) is 0 Å². The Balaban J connectivity index is 0. The molecular formula is C10H24. The zero-order chi connectivity index (χ0) is 8.41. The molecule has 0 unspecified atom stereocenters. The fourth-order valence-electron chi connectivity index (χ4n) is 1.13. The fraction of sp³-hybridized carbons (Fsp3) is 1.00. The van der Waals surface area contributed by atoms with E-state index in [2.05, 4.69) is 20.8 Å². The molecule has 0 atom stereocenters. The van der Waals surface area contributed by atoms with Crippen LogP contribution in [-0.2, 0) is 0 Å². The molecule has 0 saturated heterocycles. The molecule has 0 heteroatoms. The summed E-state index contributed by atoms with van der Waals surface area (Å²) in [7, 11) is 0. The molecule has 0 aromatic carbocycles. The van der Waals surface area contributed by atoms with E-state index < -0.39 is 0 Å². The predicted molar refractivity (Wildman–Crippen MR) is 50.3 cm³/mol. The van der Waals surface area contributed by atoms with Crippen molar-refractivity contribution in [3.05, 3.63) is 0 Å². The van der Waals surface area contributed by atoms with E-state index in [1.165, 1.54) is 25.7 Å². The van der Waals surface area contributed by atoms with Crippen LogP contribution < -0.4 is 0 Å². The quantitative estimate of drug-likeness (QED) is 0.553. The van der Waals surface area contributed by atoms with Gasteiger partial charge in [-0.3, -0.25) is 0 Å². The van der Waals surface area contributed by atoms with E-state index in [-0.39, 0.29) is 0 Å². The van der Waals surface area contributed by atoms with Crippen LogP contribution in [0.15, 0.2) is 0 Å². The first kappa shape index (κ1) is 12.7. The Morgan fingerprint density at radius 2 is 1.20 bits per heavy atom. The molecule has 0 nitrogen and oxygen atoms in total. The predicted octanol–water partition coefficient (Wildman–Crippen LogP) is 4.25.